The molecule has 0 atom stereocenters. The highest BCUT2D eigenvalue weighted by molar-refractivity contribution is 5.46. The molecule has 0 aliphatic carbocycles. The minimum absolute atomic E-state index is 0.795. The van der Waals surface area contributed by atoms with Gasteiger partial charge in [-0.25, -0.2) is 4.99 Å². The van der Waals surface area contributed by atoms with Gasteiger partial charge in [0.15, 0.2) is 0 Å². The molecule has 0 spiro atoms. The Kier molecular flexibility index (Phi) is 15.2. The Morgan fingerprint density at radius 1 is 1.33 bits per heavy atom. The van der Waals surface area contributed by atoms with Crippen molar-refractivity contribution in [1.29, 1.82) is 0 Å². The molecule has 2 nitrogen and oxygen atoms in total. The predicted octanol–water partition coefficient (Wildman–Crippen LogP) is 2.21. The Balaban J connectivity index is 0. The van der Waals surface area contributed by atoms with Crippen LogP contribution in [0.1, 0.15) is 26.7 Å². The van der Waals surface area contributed by atoms with E-state index in [9.17, 15) is 0 Å². The van der Waals surface area contributed by atoms with Crippen LogP contribution >= 0.6 is 0 Å². The summed E-state index contributed by atoms with van der Waals surface area (Å²) in [5.74, 6) is 2.39. The maximum Gasteiger partial charge on any atom is 0.0455 e. The van der Waals surface area contributed by atoms with Crippen LogP contribution in [-0.2, 0) is 0 Å². The molecule has 72 valence electrons. The number of aliphatic imine (C=N–C) groups is 1. The van der Waals surface area contributed by atoms with Crippen LogP contribution in [0.3, 0.4) is 0 Å². The van der Waals surface area contributed by atoms with E-state index in [1.54, 1.807) is 0 Å². The molecule has 0 aromatic heterocycles. The first-order valence-electron chi connectivity index (χ1n) is 4.52. The van der Waals surface area contributed by atoms with Gasteiger partial charge in [0.25, 0.3) is 0 Å². The molecule has 0 aliphatic heterocycles. The number of hydrogen-bond acceptors (Lipinski definition) is 2. The molecule has 0 unspecified atom stereocenters. The van der Waals surface area contributed by atoms with Crippen LogP contribution in [-0.4, -0.2) is 38.0 Å². The average molecular weight is 170 g/mol. The molecule has 0 saturated carbocycles. The minimum atomic E-state index is 0.795. The van der Waals surface area contributed by atoms with Gasteiger partial charge in [-0.05, 0) is 46.4 Å². The Morgan fingerprint density at radius 3 is 2.00 bits per heavy atom. The van der Waals surface area contributed by atoms with Crippen LogP contribution < -0.4 is 0 Å². The lowest BCUT2D eigenvalue weighted by Gasteiger charge is -2.05. The van der Waals surface area contributed by atoms with E-state index in [0.29, 0.717) is 0 Å². The lowest BCUT2D eigenvalue weighted by atomic mass is 10.3. The van der Waals surface area contributed by atoms with E-state index in [-0.39, 0.29) is 0 Å². The first kappa shape index (κ1) is 14.0. The van der Waals surface area contributed by atoms with Crippen LogP contribution in [0.2, 0.25) is 0 Å². The average Bonchev–Trinajstić information content (AvgIpc) is 2.03. The van der Waals surface area contributed by atoms with E-state index in [4.69, 9.17) is 0 Å². The fourth-order valence-electron chi connectivity index (χ4n) is 0.586. The van der Waals surface area contributed by atoms with Gasteiger partial charge in [0.05, 0.1) is 0 Å². The zero-order valence-electron chi connectivity index (χ0n) is 8.93. The van der Waals surface area contributed by atoms with Crippen molar-refractivity contribution in [3.8, 4) is 0 Å². The molecular formula is C10H22N2. The first-order valence-corrected chi connectivity index (χ1v) is 4.52. The highest BCUT2D eigenvalue weighted by atomic mass is 15.0. The SMILES string of the molecule is C=C=NCC.CCCCN(C)C. The third-order valence-corrected chi connectivity index (χ3v) is 1.23. The molecule has 0 N–H and O–H groups in total. The second kappa shape index (κ2) is 13.0. The molecule has 0 aliphatic rings. The van der Waals surface area contributed by atoms with Gasteiger partial charge >= 0.3 is 0 Å². The largest absolute Gasteiger partial charge is 0.309 e. The van der Waals surface area contributed by atoms with Crippen LogP contribution in [0.4, 0.5) is 0 Å². The number of hydrogen-bond donors (Lipinski definition) is 0. The molecule has 0 amide bonds. The van der Waals surface area contributed by atoms with E-state index in [1.165, 1.54) is 19.4 Å². The van der Waals surface area contributed by atoms with Crippen molar-refractivity contribution in [2.45, 2.75) is 26.7 Å². The van der Waals surface area contributed by atoms with Crippen LogP contribution in [0.5, 0.6) is 0 Å². The molecule has 12 heavy (non-hydrogen) atoms. The number of nitrogens with zero attached hydrogens (tertiary/aromatic N) is 2. The van der Waals surface area contributed by atoms with E-state index >= 15 is 0 Å². The topological polar surface area (TPSA) is 15.6 Å². The quantitative estimate of drug-likeness (QED) is 0.591. The van der Waals surface area contributed by atoms with Crippen LogP contribution in [0.25, 0.3) is 0 Å². The number of unbranched alkanes of at least 4 members (excludes halogenated alkanes) is 1. The molecule has 0 saturated heterocycles. The monoisotopic (exact) mass is 170 g/mol. The van der Waals surface area contributed by atoms with Crippen molar-refractivity contribution in [2.75, 3.05) is 27.2 Å². The number of rotatable bonds is 4. The van der Waals surface area contributed by atoms with Gasteiger partial charge < -0.3 is 4.90 Å². The molecule has 0 aromatic rings. The fraction of sp³-hybridized carbons (Fsp3) is 0.800. The van der Waals surface area contributed by atoms with Gasteiger partial charge in [-0.2, -0.15) is 0 Å². The van der Waals surface area contributed by atoms with Gasteiger partial charge in [-0.15, -0.1) is 0 Å². The Bertz CT molecular complexity index is 113. The summed E-state index contributed by atoms with van der Waals surface area (Å²) in [7, 11) is 4.21. The maximum atomic E-state index is 3.61. The third kappa shape index (κ3) is 22.7. The van der Waals surface area contributed by atoms with Crippen molar-refractivity contribution in [1.82, 2.24) is 4.90 Å². The smallest absolute Gasteiger partial charge is 0.0455 e. The highest BCUT2D eigenvalue weighted by Crippen LogP contribution is 1.86. The highest BCUT2D eigenvalue weighted by Gasteiger charge is 1.83. The normalized spacial score (nSPS) is 8.42. The van der Waals surface area contributed by atoms with Gasteiger partial charge in [-0.3, -0.25) is 0 Å². The van der Waals surface area contributed by atoms with E-state index in [0.717, 1.165) is 6.54 Å². The van der Waals surface area contributed by atoms with E-state index in [1.807, 2.05) is 6.92 Å². The maximum absolute atomic E-state index is 3.61. The summed E-state index contributed by atoms with van der Waals surface area (Å²) in [4.78, 5) is 5.82. The van der Waals surface area contributed by atoms with Gasteiger partial charge in [0, 0.05) is 6.54 Å². The van der Waals surface area contributed by atoms with E-state index < -0.39 is 0 Å². The fourth-order valence-corrected chi connectivity index (χ4v) is 0.586. The molecule has 0 fully saturated rings. The predicted molar refractivity (Wildman–Crippen MR) is 57.1 cm³/mol. The second-order valence-corrected chi connectivity index (χ2v) is 2.79. The summed E-state index contributed by atoms with van der Waals surface area (Å²) in [6, 6.07) is 0. The Hall–Kier alpha value is -0.590. The summed E-state index contributed by atoms with van der Waals surface area (Å²) in [6.07, 6.45) is 2.63. The lowest BCUT2D eigenvalue weighted by molar-refractivity contribution is 0.398. The first-order chi connectivity index (χ1) is 5.68. The molecule has 0 heterocycles. The lowest BCUT2D eigenvalue weighted by Crippen LogP contribution is -2.12. The van der Waals surface area contributed by atoms with E-state index in [2.05, 4.69) is 43.4 Å². The zero-order valence-corrected chi connectivity index (χ0v) is 8.93. The molecule has 0 radical (unpaired) electrons. The summed E-state index contributed by atoms with van der Waals surface area (Å²) >= 11 is 0. The summed E-state index contributed by atoms with van der Waals surface area (Å²) in [5.41, 5.74) is 0. The van der Waals surface area contributed by atoms with Gasteiger partial charge in [0.1, 0.15) is 0 Å². The summed E-state index contributed by atoms with van der Waals surface area (Å²) < 4.78 is 0. The molecule has 0 bridgehead atoms. The second-order valence-electron chi connectivity index (χ2n) is 2.79. The third-order valence-electron chi connectivity index (χ3n) is 1.23. The zero-order chi connectivity index (χ0) is 9.82. The minimum Gasteiger partial charge on any atom is -0.309 e. The van der Waals surface area contributed by atoms with Gasteiger partial charge in [-0.1, -0.05) is 13.3 Å². The molecule has 0 rings (SSSR count). The van der Waals surface area contributed by atoms with Crippen LogP contribution in [0, 0.1) is 0 Å². The van der Waals surface area contributed by atoms with Gasteiger partial charge in [0.2, 0.25) is 0 Å². The molecule has 0 aromatic carbocycles. The van der Waals surface area contributed by atoms with Crippen molar-refractivity contribution >= 4 is 5.87 Å². The Labute approximate surface area is 77.0 Å². The molecule has 2 heteroatoms. The van der Waals surface area contributed by atoms with Crippen LogP contribution in [0.15, 0.2) is 11.6 Å². The van der Waals surface area contributed by atoms with Crippen molar-refractivity contribution in [2.24, 2.45) is 4.99 Å². The summed E-state index contributed by atoms with van der Waals surface area (Å²) in [6.45, 7) is 9.44. The molecular weight excluding hydrogens is 148 g/mol. The Morgan fingerprint density at radius 2 is 1.92 bits per heavy atom. The summed E-state index contributed by atoms with van der Waals surface area (Å²) in [5, 5.41) is 0. The van der Waals surface area contributed by atoms with Crippen molar-refractivity contribution in [3.05, 3.63) is 6.58 Å². The van der Waals surface area contributed by atoms with Crippen molar-refractivity contribution in [3.63, 3.8) is 0 Å². The standard InChI is InChI=1S/C6H15N.C4H7N/c1-4-5-6-7(2)3;1-3-5-4-2/h4-6H2,1-3H3;1,4H2,2H3. The van der Waals surface area contributed by atoms with Crippen molar-refractivity contribution < 1.29 is 0 Å².